The zero-order chi connectivity index (χ0) is 20.8. The van der Waals surface area contributed by atoms with E-state index in [9.17, 15) is 4.79 Å². The summed E-state index contributed by atoms with van der Waals surface area (Å²) in [5.74, 6) is 0. The molecule has 0 fully saturated rings. The lowest BCUT2D eigenvalue weighted by Crippen LogP contribution is -2.16. The first-order valence-electron chi connectivity index (χ1n) is 9.74. The van der Waals surface area contributed by atoms with Crippen molar-refractivity contribution in [1.29, 1.82) is 0 Å². The normalized spacial score (nSPS) is 11.2. The van der Waals surface area contributed by atoms with Gasteiger partial charge in [0.1, 0.15) is 0 Å². The number of hydrogen-bond acceptors (Lipinski definition) is 5. The molecule has 0 unspecified atom stereocenters. The summed E-state index contributed by atoms with van der Waals surface area (Å²) < 4.78 is 12.1. The average Bonchev–Trinajstić information content (AvgIpc) is 3.19. The molecule has 0 spiro atoms. The fourth-order valence-corrected chi connectivity index (χ4v) is 3.96. The topological polar surface area (TPSA) is 68.6 Å². The summed E-state index contributed by atoms with van der Waals surface area (Å²) in [5.41, 5.74) is 2.94. The van der Waals surface area contributed by atoms with Gasteiger partial charge in [-0.25, -0.2) is 9.50 Å². The van der Waals surface area contributed by atoms with Gasteiger partial charge >= 0.3 is 0 Å². The minimum absolute atomic E-state index is 0.155. The van der Waals surface area contributed by atoms with Crippen LogP contribution >= 0.6 is 11.8 Å². The van der Waals surface area contributed by atoms with E-state index in [0.29, 0.717) is 31.2 Å². The maximum Gasteiger partial charge on any atom is 0.272 e. The average molecular weight is 422 g/mol. The number of aromatic nitrogens is 3. The van der Waals surface area contributed by atoms with Gasteiger partial charge in [0.2, 0.25) is 0 Å². The lowest BCUT2D eigenvalue weighted by molar-refractivity contribution is 0.0910. The second-order valence-electron chi connectivity index (χ2n) is 6.77. The Morgan fingerprint density at radius 2 is 1.80 bits per heavy atom. The molecule has 2 aromatic heterocycles. The minimum atomic E-state index is -0.155. The Labute approximate surface area is 178 Å². The van der Waals surface area contributed by atoms with Crippen molar-refractivity contribution in [2.45, 2.75) is 22.8 Å². The predicted octanol–water partition coefficient (Wildman–Crippen LogP) is 4.39. The van der Waals surface area contributed by atoms with Crippen molar-refractivity contribution in [3.8, 4) is 11.1 Å². The second kappa shape index (κ2) is 9.75. The van der Waals surface area contributed by atoms with Crippen LogP contribution in [0.3, 0.4) is 0 Å². The molecule has 0 saturated carbocycles. The van der Waals surface area contributed by atoms with E-state index in [-0.39, 0.29) is 5.56 Å². The van der Waals surface area contributed by atoms with E-state index in [4.69, 9.17) is 9.47 Å². The Bertz CT molecular complexity index is 1150. The van der Waals surface area contributed by atoms with E-state index >= 15 is 0 Å². The zero-order valence-corrected chi connectivity index (χ0v) is 17.5. The SMILES string of the molecule is COCCCOCc1cc(=O)n2[nH]cc(-c3ccc(Sc4ccccc4)cc3)c2n1. The maximum absolute atomic E-state index is 12.4. The molecule has 0 aliphatic heterocycles. The van der Waals surface area contributed by atoms with Gasteiger partial charge in [-0.2, -0.15) is 0 Å². The number of benzene rings is 2. The highest BCUT2D eigenvalue weighted by atomic mass is 32.2. The van der Waals surface area contributed by atoms with E-state index in [2.05, 4.69) is 46.5 Å². The number of fused-ring (bicyclic) bond motifs is 1. The van der Waals surface area contributed by atoms with Crippen molar-refractivity contribution < 1.29 is 9.47 Å². The summed E-state index contributed by atoms with van der Waals surface area (Å²) in [6, 6.07) is 20.0. The fraction of sp³-hybridized carbons (Fsp3) is 0.217. The highest BCUT2D eigenvalue weighted by Gasteiger charge is 2.11. The van der Waals surface area contributed by atoms with Gasteiger partial charge in [0.15, 0.2) is 5.65 Å². The molecule has 0 aliphatic rings. The molecule has 0 bridgehead atoms. The van der Waals surface area contributed by atoms with Gasteiger partial charge in [0.05, 0.1) is 12.3 Å². The third-order valence-electron chi connectivity index (χ3n) is 4.58. The summed E-state index contributed by atoms with van der Waals surface area (Å²) in [7, 11) is 1.66. The van der Waals surface area contributed by atoms with Crippen LogP contribution in [0, 0.1) is 0 Å². The Morgan fingerprint density at radius 1 is 1.03 bits per heavy atom. The van der Waals surface area contributed by atoms with E-state index in [1.165, 1.54) is 15.5 Å². The summed E-state index contributed by atoms with van der Waals surface area (Å²) in [6.07, 6.45) is 2.62. The maximum atomic E-state index is 12.4. The molecule has 0 amide bonds. The highest BCUT2D eigenvalue weighted by Crippen LogP contribution is 2.30. The number of nitrogens with zero attached hydrogens (tertiary/aromatic N) is 2. The van der Waals surface area contributed by atoms with Crippen LogP contribution in [-0.4, -0.2) is 34.9 Å². The molecular formula is C23H23N3O3S. The Morgan fingerprint density at radius 3 is 2.57 bits per heavy atom. The molecule has 2 heterocycles. The monoisotopic (exact) mass is 421 g/mol. The molecular weight excluding hydrogens is 398 g/mol. The van der Waals surface area contributed by atoms with Gasteiger partial charge in [-0.15, -0.1) is 0 Å². The third-order valence-corrected chi connectivity index (χ3v) is 5.60. The summed E-state index contributed by atoms with van der Waals surface area (Å²) >= 11 is 1.71. The number of aromatic amines is 1. The van der Waals surface area contributed by atoms with Crippen molar-refractivity contribution >= 4 is 17.4 Å². The Balaban J connectivity index is 1.54. The Kier molecular flexibility index (Phi) is 6.63. The zero-order valence-electron chi connectivity index (χ0n) is 16.7. The first-order valence-corrected chi connectivity index (χ1v) is 10.6. The first-order chi connectivity index (χ1) is 14.7. The molecule has 0 radical (unpaired) electrons. The van der Waals surface area contributed by atoms with Crippen molar-refractivity contribution in [2.24, 2.45) is 0 Å². The van der Waals surface area contributed by atoms with Crippen molar-refractivity contribution in [3.05, 3.63) is 82.9 Å². The van der Waals surface area contributed by atoms with Crippen LogP contribution in [0.2, 0.25) is 0 Å². The van der Waals surface area contributed by atoms with Crippen LogP contribution in [0.4, 0.5) is 0 Å². The number of H-pyrrole nitrogens is 1. The first kappa shape index (κ1) is 20.4. The highest BCUT2D eigenvalue weighted by molar-refractivity contribution is 7.99. The minimum Gasteiger partial charge on any atom is -0.385 e. The van der Waals surface area contributed by atoms with Gasteiger partial charge in [0, 0.05) is 47.9 Å². The van der Waals surface area contributed by atoms with Crippen LogP contribution < -0.4 is 5.56 Å². The Hall–Kier alpha value is -2.87. The predicted molar refractivity (Wildman–Crippen MR) is 118 cm³/mol. The largest absolute Gasteiger partial charge is 0.385 e. The lowest BCUT2D eigenvalue weighted by atomic mass is 10.1. The van der Waals surface area contributed by atoms with E-state index in [1.54, 1.807) is 18.9 Å². The number of rotatable bonds is 9. The van der Waals surface area contributed by atoms with Crippen LogP contribution in [0.25, 0.3) is 16.8 Å². The number of ether oxygens (including phenoxy) is 2. The van der Waals surface area contributed by atoms with Gasteiger partial charge < -0.3 is 9.47 Å². The second-order valence-corrected chi connectivity index (χ2v) is 7.92. The van der Waals surface area contributed by atoms with Crippen molar-refractivity contribution in [1.82, 2.24) is 14.6 Å². The smallest absolute Gasteiger partial charge is 0.272 e. The summed E-state index contributed by atoms with van der Waals surface area (Å²) in [6.45, 7) is 1.51. The van der Waals surface area contributed by atoms with E-state index < -0.39 is 0 Å². The molecule has 4 rings (SSSR count). The fourth-order valence-electron chi connectivity index (χ4n) is 3.12. The van der Waals surface area contributed by atoms with Gasteiger partial charge in [0.25, 0.3) is 5.56 Å². The molecule has 4 aromatic rings. The van der Waals surface area contributed by atoms with Gasteiger partial charge in [-0.3, -0.25) is 9.89 Å². The number of methoxy groups -OCH3 is 1. The third kappa shape index (κ3) is 4.81. The molecule has 0 saturated heterocycles. The molecule has 0 aliphatic carbocycles. The molecule has 30 heavy (non-hydrogen) atoms. The lowest BCUT2D eigenvalue weighted by Gasteiger charge is -2.06. The van der Waals surface area contributed by atoms with Crippen molar-refractivity contribution in [2.75, 3.05) is 20.3 Å². The number of hydrogen-bond donors (Lipinski definition) is 1. The van der Waals surface area contributed by atoms with Crippen LogP contribution in [-0.2, 0) is 16.1 Å². The molecule has 6 nitrogen and oxygen atoms in total. The van der Waals surface area contributed by atoms with Gasteiger partial charge in [-0.1, -0.05) is 42.1 Å². The van der Waals surface area contributed by atoms with Gasteiger partial charge in [-0.05, 0) is 36.2 Å². The number of nitrogens with one attached hydrogen (secondary N) is 1. The molecule has 2 aromatic carbocycles. The molecule has 154 valence electrons. The quantitative estimate of drug-likeness (QED) is 0.406. The summed E-state index contributed by atoms with van der Waals surface area (Å²) in [4.78, 5) is 19.4. The summed E-state index contributed by atoms with van der Waals surface area (Å²) in [5, 5.41) is 3.00. The van der Waals surface area contributed by atoms with E-state index in [1.807, 2.05) is 24.4 Å². The standard InChI is InChI=1S/C23H23N3O3S/c1-28-12-5-13-29-16-18-14-22(27)26-23(25-18)21(15-24-26)17-8-10-20(11-9-17)30-19-6-3-2-4-7-19/h2-4,6-11,14-15,24H,5,12-13,16H2,1H3. The molecule has 1 N–H and O–H groups in total. The van der Waals surface area contributed by atoms with Crippen LogP contribution in [0.5, 0.6) is 0 Å². The molecule has 0 atom stereocenters. The van der Waals surface area contributed by atoms with Crippen molar-refractivity contribution in [3.63, 3.8) is 0 Å². The molecule has 7 heteroatoms. The van der Waals surface area contributed by atoms with Crippen LogP contribution in [0.15, 0.2) is 81.4 Å². The van der Waals surface area contributed by atoms with Crippen LogP contribution in [0.1, 0.15) is 12.1 Å². The van der Waals surface area contributed by atoms with E-state index in [0.717, 1.165) is 22.4 Å².